The maximum absolute atomic E-state index is 13.0. The Morgan fingerprint density at radius 2 is 2.14 bits per heavy atom. The number of rotatable bonds is 3. The fourth-order valence-electron chi connectivity index (χ4n) is 2.33. The van der Waals surface area contributed by atoms with Crippen LogP contribution in [0, 0.1) is 5.82 Å². The second-order valence-electron chi connectivity index (χ2n) is 4.84. The summed E-state index contributed by atoms with van der Waals surface area (Å²) in [5.41, 5.74) is -0.569. The van der Waals surface area contributed by atoms with Crippen molar-refractivity contribution in [3.05, 3.63) is 64.9 Å². The number of benzene rings is 1. The van der Waals surface area contributed by atoms with Gasteiger partial charge in [-0.15, -0.1) is 0 Å². The van der Waals surface area contributed by atoms with E-state index < -0.39 is 11.4 Å². The molecule has 0 aliphatic carbocycles. The van der Waals surface area contributed by atoms with Crippen LogP contribution in [-0.4, -0.2) is 10.1 Å². The summed E-state index contributed by atoms with van der Waals surface area (Å²) in [7, 11) is 0. The molecular weight excluding hydrogens is 293 g/mol. The number of fused-ring (bicyclic) bond motifs is 1. The number of furan rings is 1. The second kappa shape index (κ2) is 5.13. The van der Waals surface area contributed by atoms with Crippen molar-refractivity contribution in [1.29, 1.82) is 0 Å². The van der Waals surface area contributed by atoms with E-state index in [0.29, 0.717) is 28.5 Å². The molecule has 5 heteroatoms. The third-order valence-electron chi connectivity index (χ3n) is 3.57. The smallest absolute Gasteiger partial charge is 0.163 e. The van der Waals surface area contributed by atoms with E-state index in [1.54, 1.807) is 19.1 Å². The van der Waals surface area contributed by atoms with E-state index in [4.69, 9.17) is 16.0 Å². The van der Waals surface area contributed by atoms with Gasteiger partial charge in [0, 0.05) is 5.39 Å². The molecule has 2 aromatic heterocycles. The molecule has 0 saturated carbocycles. The molecule has 1 aromatic carbocycles. The highest BCUT2D eigenvalue weighted by molar-refractivity contribution is 6.34. The zero-order chi connectivity index (χ0) is 15.0. The molecule has 0 aliphatic heterocycles. The molecule has 3 nitrogen and oxygen atoms in total. The zero-order valence-corrected chi connectivity index (χ0v) is 12.1. The van der Waals surface area contributed by atoms with E-state index in [1.807, 2.05) is 12.1 Å². The van der Waals surface area contributed by atoms with Crippen LogP contribution < -0.4 is 0 Å². The van der Waals surface area contributed by atoms with Gasteiger partial charge in [-0.3, -0.25) is 4.98 Å². The highest BCUT2D eigenvalue weighted by atomic mass is 35.5. The third kappa shape index (κ3) is 2.30. The van der Waals surface area contributed by atoms with Gasteiger partial charge in [-0.2, -0.15) is 0 Å². The number of pyridine rings is 1. The number of aromatic nitrogens is 1. The number of aliphatic hydroxyl groups is 1. The first kappa shape index (κ1) is 14.0. The maximum Gasteiger partial charge on any atom is 0.163 e. The minimum absolute atomic E-state index is 0.335. The normalized spacial score (nSPS) is 14.3. The molecule has 1 atom stereocenters. The lowest BCUT2D eigenvalue weighted by Gasteiger charge is -2.23. The molecule has 1 N–H and O–H groups in total. The summed E-state index contributed by atoms with van der Waals surface area (Å²) in [5, 5.41) is 12.2. The molecule has 2 heterocycles. The number of nitrogens with zero attached hydrogens (tertiary/aromatic N) is 1. The summed E-state index contributed by atoms with van der Waals surface area (Å²) >= 11 is 6.09. The SMILES string of the molecule is CCC(O)(c1ccc(F)cn1)c1cc2cccc(Cl)c2o1. The first-order valence-electron chi connectivity index (χ1n) is 6.57. The fraction of sp³-hybridized carbons (Fsp3) is 0.188. The van der Waals surface area contributed by atoms with E-state index in [2.05, 4.69) is 4.98 Å². The Balaban J connectivity index is 2.16. The molecular formula is C16H13ClFNO2. The molecule has 1 unspecified atom stereocenters. The van der Waals surface area contributed by atoms with Crippen molar-refractivity contribution in [2.75, 3.05) is 0 Å². The van der Waals surface area contributed by atoms with Gasteiger partial charge < -0.3 is 9.52 Å². The molecule has 0 spiro atoms. The van der Waals surface area contributed by atoms with Gasteiger partial charge in [-0.1, -0.05) is 30.7 Å². The molecule has 0 aliphatic rings. The van der Waals surface area contributed by atoms with Crippen molar-refractivity contribution < 1.29 is 13.9 Å². The predicted octanol–water partition coefficient (Wildman–Crippen LogP) is 4.27. The van der Waals surface area contributed by atoms with Crippen molar-refractivity contribution in [1.82, 2.24) is 4.98 Å². The summed E-state index contributed by atoms with van der Waals surface area (Å²) in [6.45, 7) is 1.81. The molecule has 0 saturated heterocycles. The molecule has 0 amide bonds. The van der Waals surface area contributed by atoms with Crippen LogP contribution in [0.5, 0.6) is 0 Å². The Hall–Kier alpha value is -1.91. The summed E-state index contributed by atoms with van der Waals surface area (Å²) in [6.07, 6.45) is 1.41. The Kier molecular flexibility index (Phi) is 3.43. The molecule has 0 bridgehead atoms. The minimum Gasteiger partial charge on any atom is -0.456 e. The molecule has 0 radical (unpaired) electrons. The zero-order valence-electron chi connectivity index (χ0n) is 11.3. The van der Waals surface area contributed by atoms with E-state index in [1.165, 1.54) is 12.1 Å². The molecule has 21 heavy (non-hydrogen) atoms. The first-order chi connectivity index (χ1) is 10.0. The van der Waals surface area contributed by atoms with Crippen LogP contribution in [0.15, 0.2) is 47.0 Å². The van der Waals surface area contributed by atoms with Crippen molar-refractivity contribution in [2.45, 2.75) is 18.9 Å². The quantitative estimate of drug-likeness (QED) is 0.786. The van der Waals surface area contributed by atoms with Gasteiger partial charge in [0.2, 0.25) is 0 Å². The van der Waals surface area contributed by atoms with Gasteiger partial charge >= 0.3 is 0 Å². The summed E-state index contributed by atoms with van der Waals surface area (Å²) < 4.78 is 18.7. The van der Waals surface area contributed by atoms with Crippen molar-refractivity contribution >= 4 is 22.6 Å². The van der Waals surface area contributed by atoms with Gasteiger partial charge in [-0.05, 0) is 30.7 Å². The maximum atomic E-state index is 13.0. The first-order valence-corrected chi connectivity index (χ1v) is 6.95. The van der Waals surface area contributed by atoms with Crippen LogP contribution in [0.2, 0.25) is 5.02 Å². The van der Waals surface area contributed by atoms with Gasteiger partial charge in [0.05, 0.1) is 16.9 Å². The number of hydrogen-bond acceptors (Lipinski definition) is 3. The average molecular weight is 306 g/mol. The lowest BCUT2D eigenvalue weighted by atomic mass is 9.92. The highest BCUT2D eigenvalue weighted by Gasteiger charge is 2.35. The molecule has 3 rings (SSSR count). The second-order valence-corrected chi connectivity index (χ2v) is 5.25. The standard InChI is InChI=1S/C16H13ClFNO2/c1-2-16(20,13-7-6-11(18)9-19-13)14-8-10-4-3-5-12(17)15(10)21-14/h3-9,20H,2H2,1H3. The van der Waals surface area contributed by atoms with E-state index in [9.17, 15) is 9.50 Å². The largest absolute Gasteiger partial charge is 0.456 e. The van der Waals surface area contributed by atoms with Crippen LogP contribution >= 0.6 is 11.6 Å². The van der Waals surface area contributed by atoms with E-state index >= 15 is 0 Å². The van der Waals surface area contributed by atoms with E-state index in [0.717, 1.165) is 11.6 Å². The molecule has 3 aromatic rings. The Morgan fingerprint density at radius 3 is 2.76 bits per heavy atom. The van der Waals surface area contributed by atoms with Crippen LogP contribution in [0.3, 0.4) is 0 Å². The van der Waals surface area contributed by atoms with Gasteiger partial charge in [0.25, 0.3) is 0 Å². The van der Waals surface area contributed by atoms with Crippen LogP contribution in [0.4, 0.5) is 4.39 Å². The van der Waals surface area contributed by atoms with Crippen LogP contribution in [0.1, 0.15) is 24.8 Å². The topological polar surface area (TPSA) is 46.3 Å². The number of hydrogen-bond donors (Lipinski definition) is 1. The van der Waals surface area contributed by atoms with Gasteiger partial charge in [-0.25, -0.2) is 4.39 Å². The Bertz CT molecular complexity index is 785. The molecule has 0 fully saturated rings. The lowest BCUT2D eigenvalue weighted by molar-refractivity contribution is 0.0500. The predicted molar refractivity (Wildman–Crippen MR) is 78.7 cm³/mol. The van der Waals surface area contributed by atoms with Crippen molar-refractivity contribution in [2.24, 2.45) is 0 Å². The average Bonchev–Trinajstić information content (AvgIpc) is 2.93. The van der Waals surface area contributed by atoms with E-state index in [-0.39, 0.29) is 0 Å². The van der Waals surface area contributed by atoms with Crippen LogP contribution in [0.25, 0.3) is 11.0 Å². The van der Waals surface area contributed by atoms with Gasteiger partial charge in [0.15, 0.2) is 11.2 Å². The summed E-state index contributed by atoms with van der Waals surface area (Å²) in [4.78, 5) is 3.97. The lowest BCUT2D eigenvalue weighted by Crippen LogP contribution is -2.27. The highest BCUT2D eigenvalue weighted by Crippen LogP contribution is 2.37. The van der Waals surface area contributed by atoms with Crippen LogP contribution in [-0.2, 0) is 5.60 Å². The fourth-order valence-corrected chi connectivity index (χ4v) is 2.55. The number of halogens is 2. The Morgan fingerprint density at radius 1 is 1.33 bits per heavy atom. The Labute approximate surface area is 126 Å². The third-order valence-corrected chi connectivity index (χ3v) is 3.86. The summed E-state index contributed by atoms with van der Waals surface area (Å²) in [5.74, 6) is -0.114. The van der Waals surface area contributed by atoms with Gasteiger partial charge in [0.1, 0.15) is 11.6 Å². The molecule has 108 valence electrons. The summed E-state index contributed by atoms with van der Waals surface area (Å²) in [6, 6.07) is 9.83. The van der Waals surface area contributed by atoms with Crippen molar-refractivity contribution in [3.63, 3.8) is 0 Å². The van der Waals surface area contributed by atoms with Crippen molar-refractivity contribution in [3.8, 4) is 0 Å². The monoisotopic (exact) mass is 305 g/mol. The number of para-hydroxylation sites is 1. The minimum atomic E-state index is -1.42.